The fraction of sp³-hybridized carbons (Fsp3) is 0.304. The van der Waals surface area contributed by atoms with Gasteiger partial charge in [-0.05, 0) is 42.5 Å². The van der Waals surface area contributed by atoms with Gasteiger partial charge in [0.2, 0.25) is 0 Å². The van der Waals surface area contributed by atoms with E-state index in [1.54, 1.807) is 31.6 Å². The highest BCUT2D eigenvalue weighted by Gasteiger charge is 2.23. The van der Waals surface area contributed by atoms with Gasteiger partial charge in [0.1, 0.15) is 16.5 Å². The number of rotatable bonds is 6. The number of piperazine rings is 1. The molecule has 0 N–H and O–H groups in total. The molecule has 156 valence electrons. The monoisotopic (exact) mass is 423 g/mol. The standard InChI is InChI=1S/C23H25N3O3S/c1-28-20-8-6-17(7-9-20)22-24-19(16-30-22)15-25-10-12-26(13-11-25)23(27)18-4-3-5-21(14-18)29-2/h3-9,14,16H,10-13,15H2,1-2H3. The number of carbonyl (C=O) groups excluding carboxylic acids is 1. The molecular formula is C23H25N3O3S. The Hall–Kier alpha value is -2.90. The van der Waals surface area contributed by atoms with E-state index in [-0.39, 0.29) is 5.91 Å². The lowest BCUT2D eigenvalue weighted by atomic mass is 10.1. The third-order valence-corrected chi connectivity index (χ3v) is 6.19. The minimum Gasteiger partial charge on any atom is -0.497 e. The van der Waals surface area contributed by atoms with E-state index in [4.69, 9.17) is 14.5 Å². The van der Waals surface area contributed by atoms with Gasteiger partial charge in [-0.1, -0.05) is 6.07 Å². The van der Waals surface area contributed by atoms with E-state index >= 15 is 0 Å². The quantitative estimate of drug-likeness (QED) is 0.604. The summed E-state index contributed by atoms with van der Waals surface area (Å²) in [6.07, 6.45) is 0. The predicted octanol–water partition coefficient (Wildman–Crippen LogP) is 3.79. The summed E-state index contributed by atoms with van der Waals surface area (Å²) in [5, 5.41) is 3.13. The van der Waals surface area contributed by atoms with Gasteiger partial charge in [-0.15, -0.1) is 11.3 Å². The zero-order chi connectivity index (χ0) is 20.9. The van der Waals surface area contributed by atoms with Crippen LogP contribution in [0.2, 0.25) is 0 Å². The second kappa shape index (κ2) is 9.28. The molecular weight excluding hydrogens is 398 g/mol. The molecule has 1 aliphatic heterocycles. The Morgan fingerprint density at radius 1 is 1.00 bits per heavy atom. The highest BCUT2D eigenvalue weighted by Crippen LogP contribution is 2.26. The average molecular weight is 424 g/mol. The molecule has 7 heteroatoms. The van der Waals surface area contributed by atoms with Gasteiger partial charge in [0.05, 0.1) is 19.9 Å². The van der Waals surface area contributed by atoms with Gasteiger partial charge in [0.15, 0.2) is 0 Å². The third-order valence-electron chi connectivity index (χ3n) is 5.25. The number of methoxy groups -OCH3 is 2. The number of amides is 1. The summed E-state index contributed by atoms with van der Waals surface area (Å²) in [5.41, 5.74) is 2.84. The van der Waals surface area contributed by atoms with E-state index in [1.165, 1.54) is 0 Å². The Bertz CT molecular complexity index is 995. The molecule has 0 bridgehead atoms. The maximum atomic E-state index is 12.8. The summed E-state index contributed by atoms with van der Waals surface area (Å²) in [6.45, 7) is 3.90. The number of carbonyl (C=O) groups is 1. The number of aromatic nitrogens is 1. The van der Waals surface area contributed by atoms with E-state index in [0.29, 0.717) is 24.4 Å². The lowest BCUT2D eigenvalue weighted by Crippen LogP contribution is -2.48. The second-order valence-corrected chi connectivity index (χ2v) is 8.03. The maximum absolute atomic E-state index is 12.8. The van der Waals surface area contributed by atoms with E-state index in [1.807, 2.05) is 47.4 Å². The minimum absolute atomic E-state index is 0.0593. The topological polar surface area (TPSA) is 54.9 Å². The minimum atomic E-state index is 0.0593. The molecule has 30 heavy (non-hydrogen) atoms. The molecule has 0 radical (unpaired) electrons. The molecule has 1 amide bonds. The molecule has 2 heterocycles. The number of hydrogen-bond acceptors (Lipinski definition) is 6. The molecule has 0 atom stereocenters. The number of nitrogens with zero attached hydrogens (tertiary/aromatic N) is 3. The molecule has 1 aliphatic rings. The summed E-state index contributed by atoms with van der Waals surface area (Å²) >= 11 is 1.66. The normalized spacial score (nSPS) is 14.5. The summed E-state index contributed by atoms with van der Waals surface area (Å²) in [6, 6.07) is 15.3. The number of thiazole rings is 1. The Kier molecular flexibility index (Phi) is 6.30. The van der Waals surface area contributed by atoms with Crippen LogP contribution in [-0.4, -0.2) is 61.1 Å². The number of benzene rings is 2. The van der Waals surface area contributed by atoms with Crippen LogP contribution >= 0.6 is 11.3 Å². The lowest BCUT2D eigenvalue weighted by molar-refractivity contribution is 0.0627. The van der Waals surface area contributed by atoms with Gasteiger partial charge in [-0.3, -0.25) is 9.69 Å². The van der Waals surface area contributed by atoms with Crippen molar-refractivity contribution in [2.75, 3.05) is 40.4 Å². The van der Waals surface area contributed by atoms with Crippen LogP contribution in [0.3, 0.4) is 0 Å². The Morgan fingerprint density at radius 2 is 1.73 bits per heavy atom. The van der Waals surface area contributed by atoms with Crippen LogP contribution in [0.25, 0.3) is 10.6 Å². The fourth-order valence-corrected chi connectivity index (χ4v) is 4.34. The Morgan fingerprint density at radius 3 is 2.43 bits per heavy atom. The largest absolute Gasteiger partial charge is 0.497 e. The molecule has 4 rings (SSSR count). The molecule has 6 nitrogen and oxygen atoms in total. The van der Waals surface area contributed by atoms with Gasteiger partial charge in [0.25, 0.3) is 5.91 Å². The first-order valence-corrected chi connectivity index (χ1v) is 10.8. The number of ether oxygens (including phenoxy) is 2. The first-order valence-electron chi connectivity index (χ1n) is 9.91. The van der Waals surface area contributed by atoms with Crippen molar-refractivity contribution in [3.05, 3.63) is 65.2 Å². The maximum Gasteiger partial charge on any atom is 0.254 e. The van der Waals surface area contributed by atoms with Crippen LogP contribution in [0, 0.1) is 0 Å². The van der Waals surface area contributed by atoms with Crippen LogP contribution in [0.4, 0.5) is 0 Å². The van der Waals surface area contributed by atoms with Crippen molar-refractivity contribution >= 4 is 17.2 Å². The van der Waals surface area contributed by atoms with Crippen molar-refractivity contribution in [2.45, 2.75) is 6.54 Å². The van der Waals surface area contributed by atoms with E-state index in [9.17, 15) is 4.79 Å². The average Bonchev–Trinajstić information content (AvgIpc) is 3.27. The van der Waals surface area contributed by atoms with Crippen molar-refractivity contribution in [3.63, 3.8) is 0 Å². The van der Waals surface area contributed by atoms with Crippen LogP contribution in [-0.2, 0) is 6.54 Å². The molecule has 1 fully saturated rings. The van der Waals surface area contributed by atoms with Crippen molar-refractivity contribution in [2.24, 2.45) is 0 Å². The van der Waals surface area contributed by atoms with E-state index in [2.05, 4.69) is 10.3 Å². The van der Waals surface area contributed by atoms with Crippen LogP contribution in [0.1, 0.15) is 16.1 Å². The number of hydrogen-bond donors (Lipinski definition) is 0. The van der Waals surface area contributed by atoms with Gasteiger partial charge in [0, 0.05) is 49.2 Å². The highest BCUT2D eigenvalue weighted by molar-refractivity contribution is 7.13. The Balaban J connectivity index is 1.32. The zero-order valence-electron chi connectivity index (χ0n) is 17.2. The predicted molar refractivity (Wildman–Crippen MR) is 118 cm³/mol. The van der Waals surface area contributed by atoms with Crippen molar-refractivity contribution in [1.82, 2.24) is 14.8 Å². The van der Waals surface area contributed by atoms with Crippen molar-refractivity contribution < 1.29 is 14.3 Å². The van der Waals surface area contributed by atoms with Gasteiger partial charge in [-0.25, -0.2) is 4.98 Å². The van der Waals surface area contributed by atoms with E-state index < -0.39 is 0 Å². The highest BCUT2D eigenvalue weighted by atomic mass is 32.1. The third kappa shape index (κ3) is 4.63. The molecule has 3 aromatic rings. The molecule has 1 saturated heterocycles. The van der Waals surface area contributed by atoms with Crippen molar-refractivity contribution in [1.29, 1.82) is 0 Å². The second-order valence-electron chi connectivity index (χ2n) is 7.17. The van der Waals surface area contributed by atoms with Crippen LogP contribution in [0.15, 0.2) is 53.9 Å². The smallest absolute Gasteiger partial charge is 0.254 e. The first kappa shape index (κ1) is 20.4. The molecule has 0 unspecified atom stereocenters. The Labute approximate surface area is 180 Å². The summed E-state index contributed by atoms with van der Waals surface area (Å²) < 4.78 is 10.4. The summed E-state index contributed by atoms with van der Waals surface area (Å²) in [5.74, 6) is 1.61. The van der Waals surface area contributed by atoms with Crippen molar-refractivity contribution in [3.8, 4) is 22.1 Å². The molecule has 0 spiro atoms. The van der Waals surface area contributed by atoms with Crippen LogP contribution in [0.5, 0.6) is 11.5 Å². The molecule has 0 saturated carbocycles. The molecule has 0 aliphatic carbocycles. The SMILES string of the molecule is COc1ccc(-c2nc(CN3CCN(C(=O)c4cccc(OC)c4)CC3)cs2)cc1. The van der Waals surface area contributed by atoms with Gasteiger partial charge in [-0.2, -0.15) is 0 Å². The van der Waals surface area contributed by atoms with Crippen LogP contribution < -0.4 is 9.47 Å². The molecule has 2 aromatic carbocycles. The first-order chi connectivity index (χ1) is 14.7. The van der Waals surface area contributed by atoms with Gasteiger partial charge < -0.3 is 14.4 Å². The van der Waals surface area contributed by atoms with E-state index in [0.717, 1.165) is 41.6 Å². The molecule has 1 aromatic heterocycles. The fourth-order valence-electron chi connectivity index (χ4n) is 3.52. The zero-order valence-corrected chi connectivity index (χ0v) is 18.0. The lowest BCUT2D eigenvalue weighted by Gasteiger charge is -2.34. The van der Waals surface area contributed by atoms with Gasteiger partial charge >= 0.3 is 0 Å². The summed E-state index contributed by atoms with van der Waals surface area (Å²) in [4.78, 5) is 21.8. The summed E-state index contributed by atoms with van der Waals surface area (Å²) in [7, 11) is 3.28.